The number of quaternary nitrogens is 1. The smallest absolute Gasteiger partial charge is 0.411 e. The number of carbonyl (C=O) groups is 1. The van der Waals surface area contributed by atoms with E-state index in [1.807, 2.05) is 34.7 Å². The van der Waals surface area contributed by atoms with Crippen molar-refractivity contribution in [1.29, 1.82) is 0 Å². The van der Waals surface area contributed by atoms with Gasteiger partial charge < -0.3 is 19.8 Å². The lowest BCUT2D eigenvalue weighted by Crippen LogP contribution is -2.59. The molecule has 4 rings (SSSR count). The van der Waals surface area contributed by atoms with Crippen molar-refractivity contribution in [3.8, 4) is 17.1 Å². The molecule has 1 aliphatic rings. The summed E-state index contributed by atoms with van der Waals surface area (Å²) in [6, 6.07) is 4.57. The number of hydrogen-bond acceptors (Lipinski definition) is 8. The number of aryl methyl sites for hydroxylation is 2. The minimum atomic E-state index is -3.88. The molecule has 2 N–H and O–H groups in total. The Morgan fingerprint density at radius 1 is 1.22 bits per heavy atom. The second-order valence-corrected chi connectivity index (χ2v) is 12.8. The average molecular weight is 591 g/mol. The van der Waals surface area contributed by atoms with Crippen LogP contribution in [0.4, 0.5) is 4.79 Å². The molecule has 0 radical (unpaired) electrons. The molecule has 1 fully saturated rings. The maximum atomic E-state index is 13.7. The van der Waals surface area contributed by atoms with E-state index >= 15 is 0 Å². The monoisotopic (exact) mass is 590 g/mol. The lowest BCUT2D eigenvalue weighted by atomic mass is 10.1. The van der Waals surface area contributed by atoms with E-state index in [1.54, 1.807) is 13.1 Å². The van der Waals surface area contributed by atoms with Gasteiger partial charge in [-0.3, -0.25) is 14.0 Å². The minimum Gasteiger partial charge on any atom is -0.493 e. The van der Waals surface area contributed by atoms with Gasteiger partial charge in [0.2, 0.25) is 16.8 Å². The quantitative estimate of drug-likeness (QED) is 0.342. The van der Waals surface area contributed by atoms with Gasteiger partial charge in [-0.2, -0.15) is 14.4 Å². The molecule has 0 atom stereocenters. The number of nitrogens with zero attached hydrogens (tertiary/aromatic N) is 5. The van der Waals surface area contributed by atoms with Gasteiger partial charge in [-0.05, 0) is 45.4 Å². The number of hydrogen-bond donors (Lipinski definition) is 2. The average Bonchev–Trinajstić information content (AvgIpc) is 3.23. The predicted octanol–water partition coefficient (Wildman–Crippen LogP) is 2.22. The Balaban J connectivity index is 1.62. The molecule has 0 bridgehead atoms. The molecule has 41 heavy (non-hydrogen) atoms. The van der Waals surface area contributed by atoms with Gasteiger partial charge in [0, 0.05) is 13.1 Å². The van der Waals surface area contributed by atoms with Crippen molar-refractivity contribution >= 4 is 27.1 Å². The zero-order valence-electron chi connectivity index (χ0n) is 24.6. The molecule has 0 saturated carbocycles. The number of amides is 1. The molecular formula is C27H40N7O6S+. The summed E-state index contributed by atoms with van der Waals surface area (Å²) in [7, 11) is -0.240. The van der Waals surface area contributed by atoms with E-state index in [4.69, 9.17) is 9.47 Å². The third-order valence-corrected chi connectivity index (χ3v) is 9.00. The topological polar surface area (TPSA) is 149 Å². The van der Waals surface area contributed by atoms with Crippen LogP contribution < -0.4 is 15.6 Å². The van der Waals surface area contributed by atoms with Crippen LogP contribution in [0.25, 0.3) is 22.4 Å². The third kappa shape index (κ3) is 6.54. The summed E-state index contributed by atoms with van der Waals surface area (Å²) in [6.07, 6.45) is 1.02. The second-order valence-electron chi connectivity index (χ2n) is 10.9. The van der Waals surface area contributed by atoms with Crippen LogP contribution in [-0.4, -0.2) is 95.7 Å². The first kappa shape index (κ1) is 30.5. The lowest BCUT2D eigenvalue weighted by molar-refractivity contribution is -0.928. The molecule has 3 aromatic rings. The number of piperazine rings is 1. The predicted molar refractivity (Wildman–Crippen MR) is 154 cm³/mol. The van der Waals surface area contributed by atoms with Crippen molar-refractivity contribution in [1.82, 2.24) is 29.4 Å². The Kier molecular flexibility index (Phi) is 9.04. The van der Waals surface area contributed by atoms with Crippen LogP contribution in [0.2, 0.25) is 0 Å². The van der Waals surface area contributed by atoms with Crippen LogP contribution in [0.1, 0.15) is 39.8 Å². The van der Waals surface area contributed by atoms with E-state index in [0.29, 0.717) is 52.9 Å². The van der Waals surface area contributed by atoms with Crippen LogP contribution in [0.3, 0.4) is 0 Å². The molecule has 1 aromatic carbocycles. The van der Waals surface area contributed by atoms with E-state index in [-0.39, 0.29) is 36.6 Å². The number of aromatic amines is 1. The highest BCUT2D eigenvalue weighted by molar-refractivity contribution is 7.89. The van der Waals surface area contributed by atoms with Crippen LogP contribution in [0, 0.1) is 0 Å². The Morgan fingerprint density at radius 2 is 1.93 bits per heavy atom. The Hall–Kier alpha value is -3.49. The van der Waals surface area contributed by atoms with Crippen molar-refractivity contribution in [2.75, 3.05) is 46.6 Å². The van der Waals surface area contributed by atoms with Crippen molar-refractivity contribution in [2.45, 2.75) is 51.5 Å². The molecule has 1 saturated heterocycles. The van der Waals surface area contributed by atoms with E-state index in [0.717, 1.165) is 12.1 Å². The molecule has 3 heterocycles. The van der Waals surface area contributed by atoms with Gasteiger partial charge in [-0.25, -0.2) is 13.2 Å². The number of sulfonamides is 1. The number of alkyl carbamates (subject to hydrolysis) is 1. The maximum absolute atomic E-state index is 13.7. The number of ether oxygens (including phenoxy) is 2. The minimum absolute atomic E-state index is 0.0357. The summed E-state index contributed by atoms with van der Waals surface area (Å²) >= 11 is 0. The van der Waals surface area contributed by atoms with Gasteiger partial charge in [0.25, 0.3) is 5.56 Å². The fourth-order valence-electron chi connectivity index (χ4n) is 4.87. The molecule has 224 valence electrons. The number of fused-ring (bicyclic) bond motifs is 1. The zero-order chi connectivity index (χ0) is 29.9. The first-order chi connectivity index (χ1) is 19.4. The van der Waals surface area contributed by atoms with Crippen molar-refractivity contribution in [3.63, 3.8) is 0 Å². The highest BCUT2D eigenvalue weighted by Gasteiger charge is 2.36. The summed E-state index contributed by atoms with van der Waals surface area (Å²) in [5.74, 6) is 0.627. The van der Waals surface area contributed by atoms with Gasteiger partial charge in [0.05, 0.1) is 61.5 Å². The number of H-pyrrole nitrogens is 1. The van der Waals surface area contributed by atoms with E-state index in [2.05, 4.69) is 20.4 Å². The maximum Gasteiger partial charge on any atom is 0.411 e. The number of nitrogens with one attached hydrogen (secondary N) is 2. The van der Waals surface area contributed by atoms with Gasteiger partial charge >= 0.3 is 6.09 Å². The summed E-state index contributed by atoms with van der Waals surface area (Å²) < 4.78 is 42.0. The molecule has 13 nitrogen and oxygen atoms in total. The summed E-state index contributed by atoms with van der Waals surface area (Å²) in [6.45, 7) is 9.52. The molecule has 1 aliphatic heterocycles. The molecule has 0 spiro atoms. The number of rotatable bonds is 10. The molecule has 0 unspecified atom stereocenters. The van der Waals surface area contributed by atoms with Gasteiger partial charge in [-0.1, -0.05) is 13.3 Å². The van der Waals surface area contributed by atoms with Gasteiger partial charge in [0.15, 0.2) is 5.52 Å². The van der Waals surface area contributed by atoms with Crippen LogP contribution in [0.5, 0.6) is 5.75 Å². The lowest BCUT2D eigenvalue weighted by Gasteiger charge is -2.40. The normalized spacial score (nSPS) is 15.8. The zero-order valence-corrected chi connectivity index (χ0v) is 25.4. The number of carbonyl (C=O) groups excluding carboxylic acids is 1. The first-order valence-electron chi connectivity index (χ1n) is 13.9. The summed E-state index contributed by atoms with van der Waals surface area (Å²) in [4.78, 5) is 32.5. The fraction of sp³-hybridized carbons (Fsp3) is 0.556. The van der Waals surface area contributed by atoms with Gasteiger partial charge in [0.1, 0.15) is 11.6 Å². The Morgan fingerprint density at radius 3 is 2.56 bits per heavy atom. The van der Waals surface area contributed by atoms with Crippen LogP contribution in [0.15, 0.2) is 27.9 Å². The van der Waals surface area contributed by atoms with E-state index < -0.39 is 21.7 Å². The van der Waals surface area contributed by atoms with Crippen LogP contribution >= 0.6 is 0 Å². The summed E-state index contributed by atoms with van der Waals surface area (Å²) in [5.41, 5.74) is 1.60. The first-order valence-corrected chi connectivity index (χ1v) is 15.3. The second kappa shape index (κ2) is 12.2. The molecule has 0 aliphatic carbocycles. The van der Waals surface area contributed by atoms with Crippen molar-refractivity contribution in [3.05, 3.63) is 34.2 Å². The molecule has 14 heteroatoms. The highest BCUT2D eigenvalue weighted by atomic mass is 32.2. The number of aromatic nitrogens is 4. The number of likely N-dealkylation sites (N-methyl/N-ethyl adjacent to an activating group) is 1. The summed E-state index contributed by atoms with van der Waals surface area (Å²) in [5, 5.41) is 7.17. The Labute approximate surface area is 240 Å². The third-order valence-electron chi connectivity index (χ3n) is 7.10. The van der Waals surface area contributed by atoms with Crippen molar-refractivity contribution in [2.24, 2.45) is 7.05 Å². The van der Waals surface area contributed by atoms with Crippen LogP contribution in [-0.2, 0) is 28.2 Å². The Bertz CT molecular complexity index is 1570. The highest BCUT2D eigenvalue weighted by Crippen LogP contribution is 2.32. The number of benzene rings is 1. The van der Waals surface area contributed by atoms with Gasteiger partial charge in [-0.15, -0.1) is 0 Å². The fourth-order valence-corrected chi connectivity index (χ4v) is 6.32. The molecule has 1 amide bonds. The largest absolute Gasteiger partial charge is 0.493 e. The SMILES string of the molecule is CCCc1nn(C)c2c(=O)nc(-c3cc(S(=O)(=O)N4CC[N+](C)(COC(=O)NC(C)C)CC4)ccc3OCC)[nH]c12. The van der Waals surface area contributed by atoms with Crippen molar-refractivity contribution < 1.29 is 27.2 Å². The molecule has 2 aromatic heterocycles. The van der Waals surface area contributed by atoms with E-state index in [1.165, 1.54) is 21.1 Å². The molecular weight excluding hydrogens is 550 g/mol. The van der Waals surface area contributed by atoms with E-state index in [9.17, 15) is 18.0 Å². The standard InChI is InChI=1S/C27H39N7O6S/c1-7-9-21-23-24(32(5)31-21)26(35)30-25(29-23)20-16-19(10-11-22(20)39-8-2)41(37,38)33-12-14-34(6,15-13-33)17-40-27(36)28-18(3)4/h10-11,16,18H,7-9,12-15,17H2,1-6H3,(H-,28,29,30,35,36)/p+1.